The summed E-state index contributed by atoms with van der Waals surface area (Å²) in [5, 5.41) is 10.6. The summed E-state index contributed by atoms with van der Waals surface area (Å²) in [5.41, 5.74) is 1.37. The first-order chi connectivity index (χ1) is 16.1. The van der Waals surface area contributed by atoms with Gasteiger partial charge in [0, 0.05) is 45.3 Å². The van der Waals surface area contributed by atoms with Crippen LogP contribution in [0.1, 0.15) is 75.1 Å². The number of hydrogen-bond acceptors (Lipinski definition) is 4. The fraction of sp³-hybridized carbons (Fsp3) is 0.500. The molecule has 2 aliphatic rings. The van der Waals surface area contributed by atoms with Crippen molar-refractivity contribution >= 4 is 12.0 Å². The molecule has 6 heteroatoms. The number of cyclic esters (lactones) is 1. The lowest BCUT2D eigenvalue weighted by molar-refractivity contribution is -0.132. The third-order valence-electron chi connectivity index (χ3n) is 7.28. The van der Waals surface area contributed by atoms with Crippen molar-refractivity contribution in [3.05, 3.63) is 71.3 Å². The van der Waals surface area contributed by atoms with Gasteiger partial charge >= 0.3 is 6.09 Å². The topological polar surface area (TPSA) is 70.1 Å². The second kappa shape index (κ2) is 9.41. The summed E-state index contributed by atoms with van der Waals surface area (Å²) in [4.78, 5) is 28.6. The highest BCUT2D eigenvalue weighted by Crippen LogP contribution is 2.42. The molecule has 34 heavy (non-hydrogen) atoms. The molecule has 2 saturated heterocycles. The summed E-state index contributed by atoms with van der Waals surface area (Å²) in [6.07, 6.45) is 2.05. The van der Waals surface area contributed by atoms with Crippen LogP contribution in [0.2, 0.25) is 0 Å². The highest BCUT2D eigenvalue weighted by molar-refractivity contribution is 5.77. The molecule has 2 amide bonds. The van der Waals surface area contributed by atoms with Crippen molar-refractivity contribution < 1.29 is 19.4 Å². The molecule has 3 atom stereocenters. The van der Waals surface area contributed by atoms with Gasteiger partial charge in [0.25, 0.3) is 0 Å². The fourth-order valence-corrected chi connectivity index (χ4v) is 5.40. The highest BCUT2D eigenvalue weighted by Gasteiger charge is 2.46. The first-order valence-electron chi connectivity index (χ1n) is 12.2. The van der Waals surface area contributed by atoms with Crippen molar-refractivity contribution in [3.63, 3.8) is 0 Å². The van der Waals surface area contributed by atoms with E-state index in [0.29, 0.717) is 31.7 Å². The zero-order valence-corrected chi connectivity index (χ0v) is 20.7. The lowest BCUT2D eigenvalue weighted by Gasteiger charge is -2.45. The molecule has 2 aromatic carbocycles. The Balaban J connectivity index is 1.48. The minimum absolute atomic E-state index is 0.131. The quantitative estimate of drug-likeness (QED) is 0.654. The third-order valence-corrected chi connectivity index (χ3v) is 7.28. The smallest absolute Gasteiger partial charge is 0.411 e. The van der Waals surface area contributed by atoms with Crippen LogP contribution < -0.4 is 0 Å². The van der Waals surface area contributed by atoms with Gasteiger partial charge in [0.2, 0.25) is 5.91 Å². The minimum Gasteiger partial charge on any atom is -0.438 e. The molecule has 2 fully saturated rings. The molecule has 0 bridgehead atoms. The Hall–Kier alpha value is -2.86. The standard InChI is InChI=1S/C28H36N2O4/c1-20(21-10-12-22(13-11-21)23-14-15-25(31)29(4)18-23)30-17-16-28(34-26(30)32,19-27(2,3)33)24-8-6-5-7-9-24/h5-13,20,23,33H,14-19H2,1-4H3/t20-,23?,28-/m0/s1. The zero-order chi connectivity index (χ0) is 24.5. The number of rotatable bonds is 6. The van der Waals surface area contributed by atoms with Gasteiger partial charge in [0.15, 0.2) is 0 Å². The van der Waals surface area contributed by atoms with E-state index >= 15 is 0 Å². The Kier molecular flexibility index (Phi) is 6.72. The Bertz CT molecular complexity index is 1010. The maximum absolute atomic E-state index is 13.2. The first-order valence-corrected chi connectivity index (χ1v) is 12.2. The number of aliphatic hydroxyl groups is 1. The van der Waals surface area contributed by atoms with E-state index in [1.54, 1.807) is 23.6 Å². The van der Waals surface area contributed by atoms with E-state index < -0.39 is 11.2 Å². The SMILES string of the molecule is C[C@@H](c1ccc(C2CCC(=O)N(C)C2)cc1)N1CC[C@](CC(C)(C)O)(c2ccccc2)OC1=O. The van der Waals surface area contributed by atoms with Crippen LogP contribution in [0.3, 0.4) is 0 Å². The summed E-state index contributed by atoms with van der Waals surface area (Å²) < 4.78 is 6.12. The van der Waals surface area contributed by atoms with Gasteiger partial charge in [0.1, 0.15) is 5.60 Å². The predicted molar refractivity (Wildman–Crippen MR) is 131 cm³/mol. The lowest BCUT2D eigenvalue weighted by atomic mass is 9.80. The summed E-state index contributed by atoms with van der Waals surface area (Å²) in [5.74, 6) is 0.557. The van der Waals surface area contributed by atoms with Gasteiger partial charge in [-0.05, 0) is 43.9 Å². The maximum Gasteiger partial charge on any atom is 0.411 e. The summed E-state index contributed by atoms with van der Waals surface area (Å²) in [7, 11) is 1.86. The molecular formula is C28H36N2O4. The highest BCUT2D eigenvalue weighted by atomic mass is 16.6. The molecule has 2 heterocycles. The molecular weight excluding hydrogens is 428 g/mol. The third kappa shape index (κ3) is 5.12. The number of nitrogens with zero attached hydrogens (tertiary/aromatic N) is 2. The minimum atomic E-state index is -0.975. The molecule has 1 N–H and O–H groups in total. The molecule has 0 aromatic heterocycles. The Morgan fingerprint density at radius 3 is 2.38 bits per heavy atom. The number of benzene rings is 2. The molecule has 0 radical (unpaired) electrons. The number of likely N-dealkylation sites (tertiary alicyclic amines) is 1. The van der Waals surface area contributed by atoms with Crippen molar-refractivity contribution in [3.8, 4) is 0 Å². The molecule has 2 aromatic rings. The Morgan fingerprint density at radius 1 is 1.12 bits per heavy atom. The summed E-state index contributed by atoms with van der Waals surface area (Å²) >= 11 is 0. The van der Waals surface area contributed by atoms with Gasteiger partial charge in [-0.1, -0.05) is 54.6 Å². The van der Waals surface area contributed by atoms with Crippen LogP contribution in [0, 0.1) is 0 Å². The van der Waals surface area contributed by atoms with Crippen LogP contribution in [0.25, 0.3) is 0 Å². The van der Waals surface area contributed by atoms with Crippen LogP contribution in [-0.4, -0.2) is 52.6 Å². The van der Waals surface area contributed by atoms with E-state index in [2.05, 4.69) is 24.3 Å². The van der Waals surface area contributed by atoms with E-state index in [9.17, 15) is 14.7 Å². The van der Waals surface area contributed by atoms with Gasteiger partial charge < -0.3 is 19.6 Å². The molecule has 0 aliphatic carbocycles. The van der Waals surface area contributed by atoms with Crippen LogP contribution >= 0.6 is 0 Å². The number of ether oxygens (including phenoxy) is 1. The lowest BCUT2D eigenvalue weighted by Crippen LogP contribution is -2.51. The van der Waals surface area contributed by atoms with E-state index in [0.717, 1.165) is 24.1 Å². The van der Waals surface area contributed by atoms with Crippen LogP contribution in [0.15, 0.2) is 54.6 Å². The molecule has 1 unspecified atom stereocenters. The number of amides is 2. The molecule has 182 valence electrons. The monoisotopic (exact) mass is 464 g/mol. The number of carbonyl (C=O) groups excluding carboxylic acids is 2. The van der Waals surface area contributed by atoms with E-state index in [4.69, 9.17) is 4.74 Å². The number of likely N-dealkylation sites (N-methyl/N-ethyl adjacent to an activating group) is 1. The number of piperidine rings is 1. The van der Waals surface area contributed by atoms with Crippen LogP contribution in [0.5, 0.6) is 0 Å². The summed E-state index contributed by atoms with van der Waals surface area (Å²) in [6.45, 7) is 6.82. The summed E-state index contributed by atoms with van der Waals surface area (Å²) in [6, 6.07) is 18.0. The van der Waals surface area contributed by atoms with E-state index in [1.807, 2.05) is 44.3 Å². The second-order valence-electron chi connectivity index (χ2n) is 10.5. The fourth-order valence-electron chi connectivity index (χ4n) is 5.40. The predicted octanol–water partition coefficient (Wildman–Crippen LogP) is 4.98. The first kappa shape index (κ1) is 24.3. The largest absolute Gasteiger partial charge is 0.438 e. The zero-order valence-electron chi connectivity index (χ0n) is 20.7. The Morgan fingerprint density at radius 2 is 1.79 bits per heavy atom. The van der Waals surface area contributed by atoms with Gasteiger partial charge in [-0.25, -0.2) is 4.79 Å². The average Bonchev–Trinajstić information content (AvgIpc) is 2.80. The Labute approximate surface area is 202 Å². The van der Waals surface area contributed by atoms with Gasteiger partial charge in [-0.15, -0.1) is 0 Å². The van der Waals surface area contributed by atoms with E-state index in [-0.39, 0.29) is 18.0 Å². The number of carbonyl (C=O) groups is 2. The molecule has 0 spiro atoms. The second-order valence-corrected chi connectivity index (χ2v) is 10.5. The van der Waals surface area contributed by atoms with Gasteiger partial charge in [0.05, 0.1) is 11.6 Å². The van der Waals surface area contributed by atoms with Crippen molar-refractivity contribution in [2.75, 3.05) is 20.1 Å². The van der Waals surface area contributed by atoms with Crippen molar-refractivity contribution in [1.29, 1.82) is 0 Å². The van der Waals surface area contributed by atoms with Gasteiger partial charge in [-0.3, -0.25) is 4.79 Å². The maximum atomic E-state index is 13.2. The molecule has 4 rings (SSSR count). The van der Waals surface area contributed by atoms with Crippen molar-refractivity contribution in [2.45, 2.75) is 69.6 Å². The van der Waals surface area contributed by atoms with Gasteiger partial charge in [-0.2, -0.15) is 0 Å². The van der Waals surface area contributed by atoms with Crippen molar-refractivity contribution in [2.24, 2.45) is 0 Å². The van der Waals surface area contributed by atoms with Crippen LogP contribution in [-0.2, 0) is 15.1 Å². The van der Waals surface area contributed by atoms with E-state index in [1.165, 1.54) is 5.56 Å². The van der Waals surface area contributed by atoms with Crippen molar-refractivity contribution in [1.82, 2.24) is 9.80 Å². The molecule has 6 nitrogen and oxygen atoms in total. The van der Waals surface area contributed by atoms with Crippen LogP contribution in [0.4, 0.5) is 4.79 Å². The molecule has 2 aliphatic heterocycles. The average molecular weight is 465 g/mol. The normalized spacial score (nSPS) is 24.7. The number of hydrogen-bond donors (Lipinski definition) is 1. The molecule has 0 saturated carbocycles.